The number of rotatable bonds is 2. The number of carbonyl (C=O) groups is 1. The average molecular weight is 169 g/mol. The van der Waals surface area contributed by atoms with E-state index in [1.807, 2.05) is 0 Å². The van der Waals surface area contributed by atoms with Gasteiger partial charge in [0.1, 0.15) is 0 Å². The van der Waals surface area contributed by atoms with Crippen molar-refractivity contribution in [2.45, 2.75) is 38.7 Å². The van der Waals surface area contributed by atoms with Crippen LogP contribution < -0.4 is 5.48 Å². The summed E-state index contributed by atoms with van der Waals surface area (Å²) in [5.74, 6) is 1.48. The number of hydrogen-bond acceptors (Lipinski definition) is 2. The van der Waals surface area contributed by atoms with Gasteiger partial charge in [-0.1, -0.05) is 0 Å². The maximum Gasteiger partial charge on any atom is 0.240 e. The molecule has 0 spiro atoms. The van der Waals surface area contributed by atoms with Gasteiger partial charge in [0.15, 0.2) is 0 Å². The summed E-state index contributed by atoms with van der Waals surface area (Å²) in [5.41, 5.74) is 2.43. The molecule has 0 aliphatic heterocycles. The predicted molar refractivity (Wildman–Crippen MR) is 44.1 cm³/mol. The van der Waals surface area contributed by atoms with Gasteiger partial charge in [0.2, 0.25) is 5.91 Å². The zero-order chi connectivity index (χ0) is 8.55. The van der Waals surface area contributed by atoms with Gasteiger partial charge in [-0.15, -0.1) is 0 Å². The lowest BCUT2D eigenvalue weighted by molar-refractivity contribution is -0.138. The van der Waals surface area contributed by atoms with E-state index < -0.39 is 0 Å². The summed E-state index contributed by atoms with van der Waals surface area (Å²) in [4.78, 5) is 15.9. The van der Waals surface area contributed by atoms with E-state index in [1.165, 1.54) is 26.2 Å². The second-order valence-corrected chi connectivity index (χ2v) is 3.99. The second-order valence-electron chi connectivity index (χ2n) is 3.99. The molecule has 3 nitrogen and oxygen atoms in total. The molecule has 3 atom stereocenters. The molecule has 68 valence electrons. The average Bonchev–Trinajstić information content (AvgIpc) is 2.60. The number of hydrogen-bond donors (Lipinski definition) is 1. The fraction of sp³-hybridized carbons (Fsp3) is 0.889. The Hall–Kier alpha value is -0.570. The van der Waals surface area contributed by atoms with Crippen LogP contribution in [0.4, 0.5) is 0 Å². The van der Waals surface area contributed by atoms with Crippen LogP contribution in [-0.4, -0.2) is 12.0 Å². The Morgan fingerprint density at radius 3 is 2.75 bits per heavy atom. The lowest BCUT2D eigenvalue weighted by Crippen LogP contribution is -2.30. The molecule has 0 aromatic carbocycles. The third-order valence-electron chi connectivity index (χ3n) is 3.03. The van der Waals surface area contributed by atoms with Crippen LogP contribution in [0.1, 0.15) is 32.6 Å². The summed E-state index contributed by atoms with van der Waals surface area (Å²) in [6.07, 6.45) is 5.40. The van der Waals surface area contributed by atoms with Gasteiger partial charge in [-0.2, -0.15) is 0 Å². The molecular weight excluding hydrogens is 154 g/mol. The molecule has 1 amide bonds. The Morgan fingerprint density at radius 1 is 1.42 bits per heavy atom. The minimum Gasteiger partial charge on any atom is -0.273 e. The Kier molecular flexibility index (Phi) is 2.05. The van der Waals surface area contributed by atoms with Gasteiger partial charge in [-0.25, -0.2) is 5.48 Å². The Morgan fingerprint density at radius 2 is 2.25 bits per heavy atom. The molecule has 2 aliphatic carbocycles. The number of nitrogens with one attached hydrogen (secondary N) is 1. The van der Waals surface area contributed by atoms with Gasteiger partial charge >= 0.3 is 0 Å². The van der Waals surface area contributed by atoms with Gasteiger partial charge in [0.05, 0.1) is 6.10 Å². The van der Waals surface area contributed by atoms with Crippen LogP contribution in [0.2, 0.25) is 0 Å². The van der Waals surface area contributed by atoms with Crippen molar-refractivity contribution < 1.29 is 9.63 Å². The summed E-state index contributed by atoms with van der Waals surface area (Å²) < 4.78 is 0. The van der Waals surface area contributed by atoms with Crippen molar-refractivity contribution in [3.05, 3.63) is 0 Å². The minimum atomic E-state index is -0.0993. The third kappa shape index (κ3) is 1.46. The first-order chi connectivity index (χ1) is 5.75. The van der Waals surface area contributed by atoms with Crippen molar-refractivity contribution in [3.63, 3.8) is 0 Å². The molecule has 2 rings (SSSR count). The van der Waals surface area contributed by atoms with E-state index in [9.17, 15) is 4.79 Å². The molecule has 2 fully saturated rings. The Bertz CT molecular complexity index is 193. The normalized spacial score (nSPS) is 38.6. The molecule has 0 heterocycles. The van der Waals surface area contributed by atoms with E-state index >= 15 is 0 Å². The van der Waals surface area contributed by atoms with Crippen molar-refractivity contribution in [2.75, 3.05) is 0 Å². The van der Waals surface area contributed by atoms with E-state index in [0.717, 1.165) is 12.3 Å². The molecule has 0 saturated heterocycles. The molecule has 1 N–H and O–H groups in total. The lowest BCUT2D eigenvalue weighted by Gasteiger charge is -2.20. The topological polar surface area (TPSA) is 38.3 Å². The van der Waals surface area contributed by atoms with Crippen molar-refractivity contribution in [3.8, 4) is 0 Å². The summed E-state index contributed by atoms with van der Waals surface area (Å²) >= 11 is 0. The lowest BCUT2D eigenvalue weighted by atomic mass is 9.98. The molecule has 0 aromatic rings. The Labute approximate surface area is 72.4 Å². The van der Waals surface area contributed by atoms with Crippen LogP contribution in [0.5, 0.6) is 0 Å². The van der Waals surface area contributed by atoms with Gasteiger partial charge in [-0.05, 0) is 37.5 Å². The molecule has 0 radical (unpaired) electrons. The van der Waals surface area contributed by atoms with Crippen LogP contribution in [0.15, 0.2) is 0 Å². The minimum absolute atomic E-state index is 0.0993. The summed E-state index contributed by atoms with van der Waals surface area (Å²) in [7, 11) is 0. The van der Waals surface area contributed by atoms with Crippen LogP contribution in [-0.2, 0) is 9.63 Å². The Balaban J connectivity index is 1.79. The molecule has 3 heteroatoms. The summed E-state index contributed by atoms with van der Waals surface area (Å²) in [5, 5.41) is 0. The second kappa shape index (κ2) is 3.05. The monoisotopic (exact) mass is 169 g/mol. The highest BCUT2D eigenvalue weighted by molar-refractivity contribution is 5.71. The number of carbonyl (C=O) groups excluding carboxylic acids is 1. The van der Waals surface area contributed by atoms with Gasteiger partial charge in [-0.3, -0.25) is 9.63 Å². The quantitative estimate of drug-likeness (QED) is 0.632. The smallest absolute Gasteiger partial charge is 0.240 e. The fourth-order valence-corrected chi connectivity index (χ4v) is 2.49. The third-order valence-corrected chi connectivity index (χ3v) is 3.03. The number of fused-ring (bicyclic) bond motifs is 2. The van der Waals surface area contributed by atoms with E-state index in [2.05, 4.69) is 5.48 Å². The van der Waals surface area contributed by atoms with Gasteiger partial charge in [0.25, 0.3) is 0 Å². The molecule has 2 bridgehead atoms. The maximum atomic E-state index is 10.6. The van der Waals surface area contributed by atoms with Crippen LogP contribution in [0, 0.1) is 11.8 Å². The zero-order valence-corrected chi connectivity index (χ0v) is 7.38. The molecule has 2 aliphatic rings. The van der Waals surface area contributed by atoms with E-state index in [4.69, 9.17) is 4.84 Å². The van der Waals surface area contributed by atoms with Crippen LogP contribution in [0.3, 0.4) is 0 Å². The highest BCUT2D eigenvalue weighted by Crippen LogP contribution is 2.45. The van der Waals surface area contributed by atoms with Gasteiger partial charge < -0.3 is 0 Å². The van der Waals surface area contributed by atoms with Crippen molar-refractivity contribution in [1.29, 1.82) is 0 Å². The first kappa shape index (κ1) is 8.05. The number of amides is 1. The predicted octanol–water partition coefficient (Wildman–Crippen LogP) is 1.24. The molecule has 2 saturated carbocycles. The maximum absolute atomic E-state index is 10.6. The molecular formula is C9H15NO2. The highest BCUT2D eigenvalue weighted by Gasteiger charge is 2.40. The summed E-state index contributed by atoms with van der Waals surface area (Å²) in [6.45, 7) is 1.48. The van der Waals surface area contributed by atoms with Crippen LogP contribution >= 0.6 is 0 Å². The van der Waals surface area contributed by atoms with E-state index in [0.29, 0.717) is 12.0 Å². The van der Waals surface area contributed by atoms with Crippen molar-refractivity contribution in [1.82, 2.24) is 5.48 Å². The molecule has 12 heavy (non-hydrogen) atoms. The first-order valence-electron chi connectivity index (χ1n) is 4.68. The van der Waals surface area contributed by atoms with E-state index in [1.54, 1.807) is 0 Å². The summed E-state index contributed by atoms with van der Waals surface area (Å²) in [6, 6.07) is 0. The SMILES string of the molecule is CC(=O)NOC1CC2CCC1C2. The van der Waals surface area contributed by atoms with Gasteiger partial charge in [0, 0.05) is 6.92 Å². The van der Waals surface area contributed by atoms with Crippen LogP contribution in [0.25, 0.3) is 0 Å². The van der Waals surface area contributed by atoms with Crippen molar-refractivity contribution in [2.24, 2.45) is 11.8 Å². The standard InChI is InChI=1S/C9H15NO2/c1-6(11)10-12-9-5-7-2-3-8(9)4-7/h7-9H,2-5H2,1H3,(H,10,11). The van der Waals surface area contributed by atoms with E-state index in [-0.39, 0.29) is 5.91 Å². The zero-order valence-electron chi connectivity index (χ0n) is 7.38. The number of hydroxylamine groups is 1. The first-order valence-corrected chi connectivity index (χ1v) is 4.68. The van der Waals surface area contributed by atoms with Crippen molar-refractivity contribution >= 4 is 5.91 Å². The molecule has 0 aromatic heterocycles. The fourth-order valence-electron chi connectivity index (χ4n) is 2.49. The highest BCUT2D eigenvalue weighted by atomic mass is 16.7. The largest absolute Gasteiger partial charge is 0.273 e. The molecule has 3 unspecified atom stereocenters.